The van der Waals surface area contributed by atoms with Crippen molar-refractivity contribution in [2.24, 2.45) is 5.73 Å². The standard InChI is InChI=1S/C14H16N4O3/c1-9(19)17-11-5-2-4-10(8-11)14(21)18-12(13(16)20)6-3-7-15/h2,4-5,8,12H,3,6H2,1H3,(H2,16,20)(H,17,19)(H,18,21)/t12-/m0/s1. The Kier molecular flexibility index (Phi) is 5.89. The molecule has 0 unspecified atom stereocenters. The molecule has 4 N–H and O–H groups in total. The summed E-state index contributed by atoms with van der Waals surface area (Å²) in [6.45, 7) is 1.36. The van der Waals surface area contributed by atoms with E-state index in [1.165, 1.54) is 13.0 Å². The summed E-state index contributed by atoms with van der Waals surface area (Å²) in [6.07, 6.45) is 0.267. The van der Waals surface area contributed by atoms with E-state index < -0.39 is 17.9 Å². The third kappa shape index (κ3) is 5.32. The van der Waals surface area contributed by atoms with Crippen LogP contribution in [0.25, 0.3) is 0 Å². The van der Waals surface area contributed by atoms with Crippen molar-refractivity contribution < 1.29 is 14.4 Å². The maximum Gasteiger partial charge on any atom is 0.252 e. The van der Waals surface area contributed by atoms with Crippen LogP contribution in [0.1, 0.15) is 30.1 Å². The second-order valence-corrected chi connectivity index (χ2v) is 4.39. The summed E-state index contributed by atoms with van der Waals surface area (Å²) in [5, 5.41) is 13.5. The highest BCUT2D eigenvalue weighted by Gasteiger charge is 2.18. The van der Waals surface area contributed by atoms with Gasteiger partial charge < -0.3 is 16.4 Å². The number of hydrogen-bond acceptors (Lipinski definition) is 4. The van der Waals surface area contributed by atoms with E-state index in [4.69, 9.17) is 11.0 Å². The number of benzene rings is 1. The molecule has 0 fully saturated rings. The van der Waals surface area contributed by atoms with Crippen LogP contribution in [0.2, 0.25) is 0 Å². The number of carbonyl (C=O) groups excluding carboxylic acids is 3. The van der Waals surface area contributed by atoms with Crippen LogP contribution < -0.4 is 16.4 Å². The molecule has 1 aromatic rings. The third-order valence-electron chi connectivity index (χ3n) is 2.64. The van der Waals surface area contributed by atoms with Gasteiger partial charge in [-0.05, 0) is 24.6 Å². The van der Waals surface area contributed by atoms with Crippen molar-refractivity contribution in [1.82, 2.24) is 5.32 Å². The number of rotatable bonds is 6. The Bertz CT molecular complexity index is 592. The zero-order valence-electron chi connectivity index (χ0n) is 11.6. The first-order chi connectivity index (χ1) is 9.93. The highest BCUT2D eigenvalue weighted by Crippen LogP contribution is 2.11. The van der Waals surface area contributed by atoms with Gasteiger partial charge in [-0.1, -0.05) is 6.07 Å². The predicted octanol–water partition coefficient (Wildman–Crippen LogP) is 0.532. The van der Waals surface area contributed by atoms with Gasteiger partial charge in [0.2, 0.25) is 11.8 Å². The number of amides is 3. The normalized spacial score (nSPS) is 11.0. The summed E-state index contributed by atoms with van der Waals surface area (Å²) in [4.78, 5) is 34.2. The van der Waals surface area contributed by atoms with Crippen molar-refractivity contribution >= 4 is 23.4 Å². The average Bonchev–Trinajstić information content (AvgIpc) is 2.42. The minimum absolute atomic E-state index is 0.111. The highest BCUT2D eigenvalue weighted by molar-refractivity contribution is 5.99. The molecule has 0 spiro atoms. The fraction of sp³-hybridized carbons (Fsp3) is 0.286. The zero-order valence-corrected chi connectivity index (χ0v) is 11.6. The molecule has 0 bridgehead atoms. The van der Waals surface area contributed by atoms with Gasteiger partial charge in [-0.3, -0.25) is 14.4 Å². The summed E-state index contributed by atoms with van der Waals surface area (Å²) in [5.74, 6) is -1.45. The van der Waals surface area contributed by atoms with Crippen LogP contribution in [0.4, 0.5) is 5.69 Å². The summed E-state index contributed by atoms with van der Waals surface area (Å²) in [6, 6.07) is 7.26. The monoisotopic (exact) mass is 288 g/mol. The second kappa shape index (κ2) is 7.65. The van der Waals surface area contributed by atoms with Crippen LogP contribution in [-0.4, -0.2) is 23.8 Å². The Morgan fingerprint density at radius 3 is 2.67 bits per heavy atom. The summed E-state index contributed by atoms with van der Waals surface area (Å²) in [7, 11) is 0. The molecule has 21 heavy (non-hydrogen) atoms. The molecule has 110 valence electrons. The number of primary amides is 1. The molecule has 0 radical (unpaired) electrons. The maximum absolute atomic E-state index is 12.0. The zero-order chi connectivity index (χ0) is 15.8. The Balaban J connectivity index is 2.80. The SMILES string of the molecule is CC(=O)Nc1cccc(C(=O)N[C@@H](CCC#N)C(N)=O)c1. The number of nitrogens with one attached hydrogen (secondary N) is 2. The average molecular weight is 288 g/mol. The molecule has 0 saturated carbocycles. The van der Waals surface area contributed by atoms with Crippen LogP contribution in [0.15, 0.2) is 24.3 Å². The number of nitrogens with zero attached hydrogens (tertiary/aromatic N) is 1. The number of anilines is 1. The fourth-order valence-corrected chi connectivity index (χ4v) is 1.68. The number of nitriles is 1. The summed E-state index contributed by atoms with van der Waals surface area (Å²) < 4.78 is 0. The van der Waals surface area contributed by atoms with Crippen molar-refractivity contribution in [3.63, 3.8) is 0 Å². The van der Waals surface area contributed by atoms with Gasteiger partial charge in [0.1, 0.15) is 6.04 Å². The van der Waals surface area contributed by atoms with Gasteiger partial charge in [0.05, 0.1) is 6.07 Å². The van der Waals surface area contributed by atoms with Crippen LogP contribution in [0, 0.1) is 11.3 Å². The van der Waals surface area contributed by atoms with Gasteiger partial charge in [0.15, 0.2) is 0 Å². The molecule has 7 heteroatoms. The molecule has 0 aromatic heterocycles. The minimum atomic E-state index is -0.901. The molecule has 3 amide bonds. The van der Waals surface area contributed by atoms with E-state index in [0.29, 0.717) is 5.69 Å². The van der Waals surface area contributed by atoms with E-state index in [9.17, 15) is 14.4 Å². The molecule has 0 aliphatic heterocycles. The van der Waals surface area contributed by atoms with Crippen LogP contribution in [-0.2, 0) is 9.59 Å². The van der Waals surface area contributed by atoms with Gasteiger partial charge in [0.25, 0.3) is 5.91 Å². The molecule has 1 aromatic carbocycles. The van der Waals surface area contributed by atoms with Crippen LogP contribution in [0.3, 0.4) is 0 Å². The van der Waals surface area contributed by atoms with E-state index in [1.807, 2.05) is 6.07 Å². The van der Waals surface area contributed by atoms with Crippen molar-refractivity contribution in [3.05, 3.63) is 29.8 Å². The van der Waals surface area contributed by atoms with Crippen molar-refractivity contribution in [1.29, 1.82) is 5.26 Å². The topological polar surface area (TPSA) is 125 Å². The van der Waals surface area contributed by atoms with E-state index in [0.717, 1.165) is 0 Å². The third-order valence-corrected chi connectivity index (χ3v) is 2.64. The van der Waals surface area contributed by atoms with Gasteiger partial charge in [0, 0.05) is 24.6 Å². The van der Waals surface area contributed by atoms with E-state index in [2.05, 4.69) is 10.6 Å². The molecule has 0 aliphatic rings. The minimum Gasteiger partial charge on any atom is -0.368 e. The van der Waals surface area contributed by atoms with Gasteiger partial charge in [-0.2, -0.15) is 5.26 Å². The largest absolute Gasteiger partial charge is 0.368 e. The second-order valence-electron chi connectivity index (χ2n) is 4.39. The molecule has 0 saturated heterocycles. The Morgan fingerprint density at radius 1 is 1.38 bits per heavy atom. The number of hydrogen-bond donors (Lipinski definition) is 3. The van der Waals surface area contributed by atoms with Gasteiger partial charge >= 0.3 is 0 Å². The quantitative estimate of drug-likeness (QED) is 0.706. The maximum atomic E-state index is 12.0. The first-order valence-corrected chi connectivity index (χ1v) is 6.29. The molecule has 1 rings (SSSR count). The lowest BCUT2D eigenvalue weighted by Crippen LogP contribution is -2.44. The summed E-state index contributed by atoms with van der Waals surface area (Å²) in [5.41, 5.74) is 5.94. The van der Waals surface area contributed by atoms with Crippen molar-refractivity contribution in [2.75, 3.05) is 5.32 Å². The molecule has 0 heterocycles. The van der Waals surface area contributed by atoms with Gasteiger partial charge in [-0.25, -0.2) is 0 Å². The molecular weight excluding hydrogens is 272 g/mol. The fourth-order valence-electron chi connectivity index (χ4n) is 1.68. The lowest BCUT2D eigenvalue weighted by Gasteiger charge is -2.14. The highest BCUT2D eigenvalue weighted by atomic mass is 16.2. The van der Waals surface area contributed by atoms with Gasteiger partial charge in [-0.15, -0.1) is 0 Å². The summed E-state index contributed by atoms with van der Waals surface area (Å²) >= 11 is 0. The Morgan fingerprint density at radius 2 is 2.10 bits per heavy atom. The van der Waals surface area contributed by atoms with E-state index in [1.54, 1.807) is 18.2 Å². The first-order valence-electron chi connectivity index (χ1n) is 6.29. The molecule has 7 nitrogen and oxygen atoms in total. The Labute approximate surface area is 122 Å². The number of nitrogens with two attached hydrogens (primary N) is 1. The van der Waals surface area contributed by atoms with Crippen molar-refractivity contribution in [3.8, 4) is 6.07 Å². The van der Waals surface area contributed by atoms with Crippen LogP contribution >= 0.6 is 0 Å². The first kappa shape index (κ1) is 16.2. The lowest BCUT2D eigenvalue weighted by atomic mass is 10.1. The molecular formula is C14H16N4O3. The van der Waals surface area contributed by atoms with Crippen molar-refractivity contribution in [2.45, 2.75) is 25.8 Å². The molecule has 0 aliphatic carbocycles. The lowest BCUT2D eigenvalue weighted by molar-refractivity contribution is -0.120. The van der Waals surface area contributed by atoms with E-state index in [-0.39, 0.29) is 24.3 Å². The Hall–Kier alpha value is -2.88. The smallest absolute Gasteiger partial charge is 0.252 e. The van der Waals surface area contributed by atoms with Crippen LogP contribution in [0.5, 0.6) is 0 Å². The van der Waals surface area contributed by atoms with E-state index >= 15 is 0 Å². The number of carbonyl (C=O) groups is 3. The predicted molar refractivity (Wildman–Crippen MR) is 76.0 cm³/mol. The molecule has 1 atom stereocenters.